The van der Waals surface area contributed by atoms with Crippen molar-refractivity contribution in [3.8, 4) is 11.3 Å². The molecule has 0 aliphatic carbocycles. The Labute approximate surface area is 91.3 Å². The van der Waals surface area contributed by atoms with E-state index >= 15 is 0 Å². The van der Waals surface area contributed by atoms with Crippen LogP contribution in [0.15, 0.2) is 22.9 Å². The maximum atomic E-state index is 12.2. The Hall–Kier alpha value is -1.20. The smallest absolute Gasteiger partial charge is 0.109 e. The van der Waals surface area contributed by atoms with Gasteiger partial charge < -0.3 is 5.73 Å². The van der Waals surface area contributed by atoms with E-state index in [2.05, 4.69) is 5.10 Å². The maximum Gasteiger partial charge on any atom is 0.109 e. The zero-order chi connectivity index (χ0) is 10.7. The lowest BCUT2D eigenvalue weighted by Crippen LogP contribution is -2.09. The Morgan fingerprint density at radius 1 is 1.53 bits per heavy atom. The third-order valence-electron chi connectivity index (χ3n) is 2.19. The molecule has 5 heteroatoms. The second-order valence-corrected chi connectivity index (χ2v) is 3.93. The molecule has 0 fully saturated rings. The van der Waals surface area contributed by atoms with Gasteiger partial charge in [-0.1, -0.05) is 0 Å². The predicted octanol–water partition coefficient (Wildman–Crippen LogP) is 2.04. The van der Waals surface area contributed by atoms with Crippen LogP contribution in [0.25, 0.3) is 11.3 Å². The molecule has 15 heavy (non-hydrogen) atoms. The molecular weight excluding hydrogens is 213 g/mol. The van der Waals surface area contributed by atoms with Crippen LogP contribution in [0.1, 0.15) is 5.69 Å². The number of alkyl halides is 1. The predicted molar refractivity (Wildman–Crippen MR) is 59.4 cm³/mol. The van der Waals surface area contributed by atoms with E-state index in [9.17, 15) is 4.39 Å². The summed E-state index contributed by atoms with van der Waals surface area (Å²) in [5.74, 6) is 0. The second-order valence-electron chi connectivity index (χ2n) is 3.15. The van der Waals surface area contributed by atoms with E-state index in [4.69, 9.17) is 5.73 Å². The van der Waals surface area contributed by atoms with Gasteiger partial charge in [0.25, 0.3) is 0 Å². The zero-order valence-corrected chi connectivity index (χ0v) is 9.01. The van der Waals surface area contributed by atoms with Crippen LogP contribution in [-0.2, 0) is 13.1 Å². The van der Waals surface area contributed by atoms with Crippen molar-refractivity contribution in [2.75, 3.05) is 6.67 Å². The Kier molecular flexibility index (Phi) is 3.13. The van der Waals surface area contributed by atoms with E-state index in [0.29, 0.717) is 6.54 Å². The molecule has 0 saturated heterocycles. The highest BCUT2D eigenvalue weighted by molar-refractivity contribution is 7.08. The van der Waals surface area contributed by atoms with Crippen LogP contribution < -0.4 is 5.73 Å². The Balaban J connectivity index is 2.34. The fourth-order valence-electron chi connectivity index (χ4n) is 1.44. The van der Waals surface area contributed by atoms with Crippen molar-refractivity contribution in [1.82, 2.24) is 9.78 Å². The maximum absolute atomic E-state index is 12.2. The number of hydrogen-bond donors (Lipinski definition) is 1. The molecule has 2 aromatic rings. The van der Waals surface area contributed by atoms with Gasteiger partial charge in [0.1, 0.15) is 6.67 Å². The highest BCUT2D eigenvalue weighted by Gasteiger charge is 2.08. The van der Waals surface area contributed by atoms with Crippen LogP contribution in [0.5, 0.6) is 0 Å². The standard InChI is InChI=1S/C10H12FN3S/c11-2-3-14-9(6-12)5-10(13-14)8-1-4-15-7-8/h1,4-5,7H,2-3,6,12H2. The summed E-state index contributed by atoms with van der Waals surface area (Å²) >= 11 is 1.62. The fourth-order valence-corrected chi connectivity index (χ4v) is 2.09. The topological polar surface area (TPSA) is 43.8 Å². The van der Waals surface area contributed by atoms with Gasteiger partial charge in [-0.2, -0.15) is 16.4 Å². The highest BCUT2D eigenvalue weighted by atomic mass is 32.1. The Bertz CT molecular complexity index is 422. The number of halogens is 1. The largest absolute Gasteiger partial charge is 0.325 e. The molecule has 2 heterocycles. The van der Waals surface area contributed by atoms with Crippen molar-refractivity contribution in [3.05, 3.63) is 28.6 Å². The molecule has 0 spiro atoms. The summed E-state index contributed by atoms with van der Waals surface area (Å²) in [7, 11) is 0. The molecule has 0 saturated carbocycles. The van der Waals surface area contributed by atoms with Crippen molar-refractivity contribution in [1.29, 1.82) is 0 Å². The average Bonchev–Trinajstić information content (AvgIpc) is 2.84. The van der Waals surface area contributed by atoms with Crippen LogP contribution in [0.4, 0.5) is 4.39 Å². The SMILES string of the molecule is NCc1cc(-c2ccsc2)nn1CCF. The number of thiophene rings is 1. The minimum atomic E-state index is -0.419. The Morgan fingerprint density at radius 2 is 2.40 bits per heavy atom. The minimum absolute atomic E-state index is 0.274. The third-order valence-corrected chi connectivity index (χ3v) is 2.87. The van der Waals surface area contributed by atoms with Crippen molar-refractivity contribution in [2.24, 2.45) is 5.73 Å². The number of hydrogen-bond acceptors (Lipinski definition) is 3. The van der Waals surface area contributed by atoms with E-state index in [1.165, 1.54) is 0 Å². The molecule has 0 aliphatic rings. The highest BCUT2D eigenvalue weighted by Crippen LogP contribution is 2.21. The van der Waals surface area contributed by atoms with Gasteiger partial charge in [0, 0.05) is 17.5 Å². The molecule has 0 unspecified atom stereocenters. The summed E-state index contributed by atoms with van der Waals surface area (Å²) < 4.78 is 13.9. The van der Waals surface area contributed by atoms with E-state index < -0.39 is 6.67 Å². The molecule has 0 aromatic carbocycles. The summed E-state index contributed by atoms with van der Waals surface area (Å²) in [5, 5.41) is 8.32. The third kappa shape index (κ3) is 2.08. The van der Waals surface area contributed by atoms with Gasteiger partial charge in [-0.3, -0.25) is 4.68 Å². The first-order valence-electron chi connectivity index (χ1n) is 4.70. The van der Waals surface area contributed by atoms with Gasteiger partial charge in [0.05, 0.1) is 17.9 Å². The lowest BCUT2D eigenvalue weighted by molar-refractivity contribution is 0.421. The lowest BCUT2D eigenvalue weighted by Gasteiger charge is -2.00. The summed E-state index contributed by atoms with van der Waals surface area (Å²) in [6.07, 6.45) is 0. The molecule has 2 aromatic heterocycles. The quantitative estimate of drug-likeness (QED) is 0.865. The van der Waals surface area contributed by atoms with Gasteiger partial charge in [-0.25, -0.2) is 4.39 Å². The number of nitrogens with two attached hydrogens (primary N) is 1. The van der Waals surface area contributed by atoms with Crippen molar-refractivity contribution >= 4 is 11.3 Å². The van der Waals surface area contributed by atoms with Gasteiger partial charge in [0.2, 0.25) is 0 Å². The molecule has 80 valence electrons. The second kappa shape index (κ2) is 4.55. The first kappa shape index (κ1) is 10.3. The molecule has 2 N–H and O–H groups in total. The number of aromatic nitrogens is 2. The minimum Gasteiger partial charge on any atom is -0.325 e. The van der Waals surface area contributed by atoms with Gasteiger partial charge >= 0.3 is 0 Å². The first-order valence-corrected chi connectivity index (χ1v) is 5.64. The van der Waals surface area contributed by atoms with Gasteiger partial charge in [-0.15, -0.1) is 0 Å². The average molecular weight is 225 g/mol. The first-order chi connectivity index (χ1) is 7.35. The normalized spacial score (nSPS) is 10.8. The molecule has 0 radical (unpaired) electrons. The number of nitrogens with zero attached hydrogens (tertiary/aromatic N) is 2. The van der Waals surface area contributed by atoms with Crippen LogP contribution in [0.3, 0.4) is 0 Å². The molecule has 3 nitrogen and oxygen atoms in total. The van der Waals surface area contributed by atoms with Crippen LogP contribution in [0.2, 0.25) is 0 Å². The molecule has 2 rings (SSSR count). The monoisotopic (exact) mass is 225 g/mol. The van der Waals surface area contributed by atoms with Crippen molar-refractivity contribution < 1.29 is 4.39 Å². The molecule has 0 amide bonds. The van der Waals surface area contributed by atoms with Crippen molar-refractivity contribution in [3.63, 3.8) is 0 Å². The summed E-state index contributed by atoms with van der Waals surface area (Å²) in [4.78, 5) is 0. The Morgan fingerprint density at radius 3 is 3.00 bits per heavy atom. The van der Waals surface area contributed by atoms with Gasteiger partial charge in [-0.05, 0) is 17.5 Å². The van der Waals surface area contributed by atoms with Crippen LogP contribution in [-0.4, -0.2) is 16.5 Å². The van der Waals surface area contributed by atoms with Crippen molar-refractivity contribution in [2.45, 2.75) is 13.1 Å². The van der Waals surface area contributed by atoms with E-state index in [-0.39, 0.29) is 6.54 Å². The summed E-state index contributed by atoms with van der Waals surface area (Å²) in [6.45, 7) is 0.242. The molecule has 0 atom stereocenters. The van der Waals surface area contributed by atoms with Gasteiger partial charge in [0.15, 0.2) is 0 Å². The molecule has 0 aliphatic heterocycles. The lowest BCUT2D eigenvalue weighted by atomic mass is 10.2. The number of aryl methyl sites for hydroxylation is 1. The van der Waals surface area contributed by atoms with Crippen LogP contribution >= 0.6 is 11.3 Å². The summed E-state index contributed by atoms with van der Waals surface area (Å²) in [5.41, 5.74) is 8.36. The molecule has 0 bridgehead atoms. The summed E-state index contributed by atoms with van der Waals surface area (Å²) in [6, 6.07) is 3.91. The zero-order valence-electron chi connectivity index (χ0n) is 8.19. The van der Waals surface area contributed by atoms with E-state index in [0.717, 1.165) is 17.0 Å². The molecular formula is C10H12FN3S. The number of rotatable bonds is 4. The fraction of sp³-hybridized carbons (Fsp3) is 0.300. The van der Waals surface area contributed by atoms with E-state index in [1.54, 1.807) is 16.0 Å². The van der Waals surface area contributed by atoms with Crippen LogP contribution in [0, 0.1) is 0 Å². The van der Waals surface area contributed by atoms with E-state index in [1.807, 2.05) is 22.9 Å².